The van der Waals surface area contributed by atoms with Crippen LogP contribution >= 0.6 is 0 Å². The smallest absolute Gasteiger partial charge is 0.221 e. The van der Waals surface area contributed by atoms with Crippen LogP contribution in [0.15, 0.2) is 0 Å². The zero-order valence-electron chi connectivity index (χ0n) is 34.8. The number of rotatable bonds is 38. The molecule has 0 saturated carbocycles. The summed E-state index contributed by atoms with van der Waals surface area (Å²) in [6.45, 7) is 11.2. The van der Waals surface area contributed by atoms with E-state index in [0.717, 1.165) is 61.5 Å². The summed E-state index contributed by atoms with van der Waals surface area (Å²) in [6, 6.07) is 0. The fraction of sp³-hybridized carbons (Fsp3) is 0.955. The number of amides is 2. The highest BCUT2D eigenvalue weighted by Crippen LogP contribution is 2.16. The summed E-state index contributed by atoms with van der Waals surface area (Å²) in [5, 5.41) is 15.6. The summed E-state index contributed by atoms with van der Waals surface area (Å²) in [5.41, 5.74) is 0. The molecular weight excluding hydrogens is 619 g/mol. The van der Waals surface area contributed by atoms with E-state index in [1.165, 1.54) is 141 Å². The molecule has 3 N–H and O–H groups in total. The van der Waals surface area contributed by atoms with Gasteiger partial charge >= 0.3 is 0 Å². The summed E-state index contributed by atoms with van der Waals surface area (Å²) in [7, 11) is 4.31. The van der Waals surface area contributed by atoms with Gasteiger partial charge in [0.1, 0.15) is 6.17 Å². The van der Waals surface area contributed by atoms with E-state index in [2.05, 4.69) is 52.4 Å². The Morgan fingerprint density at radius 3 is 1.04 bits per heavy atom. The highest BCUT2D eigenvalue weighted by Gasteiger charge is 2.21. The van der Waals surface area contributed by atoms with Crippen molar-refractivity contribution in [3.8, 4) is 0 Å². The Labute approximate surface area is 313 Å². The van der Waals surface area contributed by atoms with E-state index in [9.17, 15) is 14.7 Å². The Hall–Kier alpha value is -1.14. The lowest BCUT2D eigenvalue weighted by Crippen LogP contribution is -2.51. The molecule has 0 unspecified atom stereocenters. The van der Waals surface area contributed by atoms with Crippen LogP contribution in [0.3, 0.4) is 0 Å². The number of nitrogens with zero attached hydrogens (tertiary/aromatic N) is 1. The summed E-state index contributed by atoms with van der Waals surface area (Å²) in [6.07, 6.45) is 36.0. The molecule has 0 atom stereocenters. The van der Waals surface area contributed by atoms with Crippen LogP contribution in [0.5, 0.6) is 0 Å². The number of nitrogens with one attached hydrogen (secondary N) is 2. The largest absolute Gasteiger partial charge is 0.396 e. The molecule has 0 aliphatic rings. The second kappa shape index (κ2) is 34.9. The second-order valence-corrected chi connectivity index (χ2v) is 17.3. The minimum Gasteiger partial charge on any atom is -0.396 e. The molecule has 0 heterocycles. The molecule has 0 rings (SSSR count). The van der Waals surface area contributed by atoms with Gasteiger partial charge in [0.2, 0.25) is 11.8 Å². The first-order chi connectivity index (χ1) is 24.1. The van der Waals surface area contributed by atoms with Crippen molar-refractivity contribution in [1.29, 1.82) is 0 Å². The van der Waals surface area contributed by atoms with Gasteiger partial charge in [-0.15, -0.1) is 0 Å². The number of unbranched alkanes of at least 4 members (excludes halogenated alkanes) is 22. The van der Waals surface area contributed by atoms with Crippen molar-refractivity contribution in [2.24, 2.45) is 11.8 Å². The first-order valence-electron chi connectivity index (χ1n) is 22.1. The van der Waals surface area contributed by atoms with E-state index in [4.69, 9.17) is 0 Å². The number of aliphatic hydroxyl groups is 1. The highest BCUT2D eigenvalue weighted by atomic mass is 16.3. The maximum absolute atomic E-state index is 12.9. The molecule has 0 aliphatic heterocycles. The van der Waals surface area contributed by atoms with Gasteiger partial charge in [-0.3, -0.25) is 9.59 Å². The zero-order valence-corrected chi connectivity index (χ0v) is 34.8. The summed E-state index contributed by atoms with van der Waals surface area (Å²) in [4.78, 5) is 25.7. The van der Waals surface area contributed by atoms with E-state index in [0.29, 0.717) is 19.3 Å². The van der Waals surface area contributed by atoms with Crippen molar-refractivity contribution in [1.82, 2.24) is 10.6 Å². The fourth-order valence-corrected chi connectivity index (χ4v) is 7.01. The molecule has 0 aliphatic carbocycles. The summed E-state index contributed by atoms with van der Waals surface area (Å²) < 4.78 is 0.763. The Balaban J connectivity index is 4.15. The minimum atomic E-state index is -0.327. The number of quaternary nitrogens is 1. The lowest BCUT2D eigenvalue weighted by atomic mass is 10.0. The lowest BCUT2D eigenvalue weighted by molar-refractivity contribution is -0.890. The van der Waals surface area contributed by atoms with Gasteiger partial charge in [-0.25, -0.2) is 0 Å². The van der Waals surface area contributed by atoms with Crippen LogP contribution < -0.4 is 10.6 Å². The number of aliphatic hydroxyl groups excluding tert-OH is 1. The molecule has 50 heavy (non-hydrogen) atoms. The van der Waals surface area contributed by atoms with Crippen LogP contribution in [0.1, 0.15) is 220 Å². The molecular formula is C44H90N3O3+. The predicted octanol–water partition coefficient (Wildman–Crippen LogP) is 11.6. The molecule has 0 spiro atoms. The molecule has 6 heteroatoms. The summed E-state index contributed by atoms with van der Waals surface area (Å²) >= 11 is 0. The average molecular weight is 709 g/mol. The van der Waals surface area contributed by atoms with Crippen molar-refractivity contribution in [2.75, 3.05) is 33.8 Å². The van der Waals surface area contributed by atoms with Gasteiger partial charge in [0.15, 0.2) is 0 Å². The molecule has 0 aromatic heterocycles. The van der Waals surface area contributed by atoms with E-state index < -0.39 is 0 Å². The molecule has 0 aromatic carbocycles. The second-order valence-electron chi connectivity index (χ2n) is 17.3. The Kier molecular flexibility index (Phi) is 34.1. The van der Waals surface area contributed by atoms with Crippen LogP contribution in [-0.4, -0.2) is 61.4 Å². The van der Waals surface area contributed by atoms with Crippen LogP contribution in [-0.2, 0) is 9.59 Å². The van der Waals surface area contributed by atoms with Gasteiger partial charge in [0.25, 0.3) is 0 Å². The van der Waals surface area contributed by atoms with Gasteiger partial charge in [0, 0.05) is 32.3 Å². The molecule has 298 valence electrons. The molecule has 0 aromatic rings. The number of carbonyl (C=O) groups excluding carboxylic acids is 2. The first kappa shape index (κ1) is 48.9. The standard InChI is InChI=1S/C44H89N3O3/c1-40(2)32-27-23-19-15-11-7-9-13-17-21-25-29-34-43(49)45-42(36-38-47(5,6)37-31-39-48)46-44(50)35-30-26-22-18-14-10-8-12-16-20-24-28-33-41(3)4/h40-42,48H,7-39H2,1-6H3,(H-,45,46,49,50)/p+1. The van der Waals surface area contributed by atoms with Gasteiger partial charge < -0.3 is 20.2 Å². The maximum atomic E-state index is 12.9. The molecule has 0 saturated heterocycles. The van der Waals surface area contributed by atoms with Crippen molar-refractivity contribution in [2.45, 2.75) is 226 Å². The third kappa shape index (κ3) is 36.6. The zero-order chi connectivity index (χ0) is 37.1. The van der Waals surface area contributed by atoms with Gasteiger partial charge in [-0.2, -0.15) is 0 Å². The topological polar surface area (TPSA) is 78.4 Å². The maximum Gasteiger partial charge on any atom is 0.221 e. The summed E-state index contributed by atoms with van der Waals surface area (Å²) in [5.74, 6) is 1.79. The number of hydrogen-bond donors (Lipinski definition) is 3. The first-order valence-corrected chi connectivity index (χ1v) is 22.1. The molecule has 2 amide bonds. The molecule has 0 radical (unpaired) electrons. The average Bonchev–Trinajstić information content (AvgIpc) is 3.06. The van der Waals surface area contributed by atoms with Crippen LogP contribution in [0.4, 0.5) is 0 Å². The Bertz CT molecular complexity index is 705. The highest BCUT2D eigenvalue weighted by molar-refractivity contribution is 5.79. The van der Waals surface area contributed by atoms with Crippen molar-refractivity contribution < 1.29 is 19.2 Å². The number of hydrogen-bond acceptors (Lipinski definition) is 3. The Morgan fingerprint density at radius 1 is 0.440 bits per heavy atom. The van der Waals surface area contributed by atoms with E-state index in [1.807, 2.05) is 0 Å². The fourth-order valence-electron chi connectivity index (χ4n) is 7.01. The predicted molar refractivity (Wildman–Crippen MR) is 217 cm³/mol. The normalized spacial score (nSPS) is 12.0. The van der Waals surface area contributed by atoms with Gasteiger partial charge in [0.05, 0.1) is 27.2 Å². The van der Waals surface area contributed by atoms with Crippen molar-refractivity contribution >= 4 is 11.8 Å². The van der Waals surface area contributed by atoms with E-state index >= 15 is 0 Å². The van der Waals surface area contributed by atoms with Crippen LogP contribution in [0.2, 0.25) is 0 Å². The molecule has 0 bridgehead atoms. The van der Waals surface area contributed by atoms with E-state index in [-0.39, 0.29) is 24.6 Å². The Morgan fingerprint density at radius 2 is 0.740 bits per heavy atom. The van der Waals surface area contributed by atoms with Gasteiger partial charge in [-0.1, -0.05) is 182 Å². The minimum absolute atomic E-state index is 0.0514. The monoisotopic (exact) mass is 709 g/mol. The van der Waals surface area contributed by atoms with Crippen molar-refractivity contribution in [3.05, 3.63) is 0 Å². The van der Waals surface area contributed by atoms with Gasteiger partial charge in [-0.05, 0) is 24.7 Å². The van der Waals surface area contributed by atoms with Crippen LogP contribution in [0, 0.1) is 11.8 Å². The number of carbonyl (C=O) groups is 2. The SMILES string of the molecule is CC(C)CCCCCCCCCCCCCCC(=O)NC(CC[N+](C)(C)CCCO)NC(=O)CCCCCCCCCCCCCCC(C)C. The van der Waals surface area contributed by atoms with Crippen LogP contribution in [0.25, 0.3) is 0 Å². The third-order valence-corrected chi connectivity index (χ3v) is 10.5. The molecule has 6 nitrogen and oxygen atoms in total. The third-order valence-electron chi connectivity index (χ3n) is 10.5. The van der Waals surface area contributed by atoms with E-state index in [1.54, 1.807) is 0 Å². The quantitative estimate of drug-likeness (QED) is 0.0339. The lowest BCUT2D eigenvalue weighted by Gasteiger charge is -2.31. The van der Waals surface area contributed by atoms with Crippen molar-refractivity contribution in [3.63, 3.8) is 0 Å². The molecule has 0 fully saturated rings.